The summed E-state index contributed by atoms with van der Waals surface area (Å²) in [6.07, 6.45) is 3.24. The molecule has 80 valence electrons. The molecule has 0 amide bonds. The fourth-order valence-electron chi connectivity index (χ4n) is 1.18. The van der Waals surface area contributed by atoms with Crippen molar-refractivity contribution < 1.29 is 14.9 Å². The smallest absolute Gasteiger partial charge is 0.316 e. The molecule has 0 aliphatic heterocycles. The van der Waals surface area contributed by atoms with Gasteiger partial charge in [0.2, 0.25) is 0 Å². The lowest BCUT2D eigenvalue weighted by Gasteiger charge is -2.03. The topological polar surface area (TPSA) is 62.4 Å². The average molecular weight is 217 g/mol. The number of nitrogens with zero attached hydrogens (tertiary/aromatic N) is 2. The van der Waals surface area contributed by atoms with E-state index in [9.17, 15) is 4.91 Å². The van der Waals surface area contributed by atoms with Gasteiger partial charge in [0.15, 0.2) is 0 Å². The molecule has 0 saturated heterocycles. The zero-order valence-electron chi connectivity index (χ0n) is 8.28. The van der Waals surface area contributed by atoms with Crippen LogP contribution in [0.15, 0.2) is 48.8 Å². The van der Waals surface area contributed by atoms with Crippen molar-refractivity contribution >= 4 is 5.69 Å². The van der Waals surface area contributed by atoms with Gasteiger partial charge in [-0.3, -0.25) is 4.98 Å². The summed E-state index contributed by atoms with van der Waals surface area (Å²) in [6.45, 7) is 0. The molecule has 1 aromatic heterocycles. The normalized spacial score (nSPS) is 9.75. The van der Waals surface area contributed by atoms with Gasteiger partial charge < -0.3 is 4.74 Å². The SMILES string of the molecule is O=[N+](O)c1ccc(Oc2ccncc2)cc1. The molecule has 0 radical (unpaired) electrons. The van der Waals surface area contributed by atoms with Gasteiger partial charge in [-0.1, -0.05) is 0 Å². The lowest BCUT2D eigenvalue weighted by molar-refractivity contribution is -0.729. The molecule has 16 heavy (non-hydrogen) atoms. The number of ether oxygens (including phenoxy) is 1. The van der Waals surface area contributed by atoms with Crippen molar-refractivity contribution in [2.24, 2.45) is 0 Å². The largest absolute Gasteiger partial charge is 0.457 e. The lowest BCUT2D eigenvalue weighted by atomic mass is 10.3. The first-order chi connectivity index (χ1) is 7.75. The molecular weight excluding hydrogens is 208 g/mol. The van der Waals surface area contributed by atoms with E-state index in [2.05, 4.69) is 4.98 Å². The second-order valence-electron chi connectivity index (χ2n) is 3.05. The molecule has 0 atom stereocenters. The zero-order chi connectivity index (χ0) is 11.4. The van der Waals surface area contributed by atoms with Crippen LogP contribution >= 0.6 is 0 Å². The van der Waals surface area contributed by atoms with Gasteiger partial charge in [-0.25, -0.2) is 5.21 Å². The van der Waals surface area contributed by atoms with E-state index in [4.69, 9.17) is 9.94 Å². The van der Waals surface area contributed by atoms with Crippen LogP contribution < -0.4 is 4.74 Å². The molecular formula is C11H9N2O3+. The van der Waals surface area contributed by atoms with Crippen LogP contribution in [-0.4, -0.2) is 15.1 Å². The predicted octanol–water partition coefficient (Wildman–Crippen LogP) is 2.67. The Balaban J connectivity index is 2.14. The number of pyridine rings is 1. The van der Waals surface area contributed by atoms with E-state index in [0.29, 0.717) is 11.5 Å². The Bertz CT molecular complexity index is 482. The molecule has 5 heteroatoms. The minimum absolute atomic E-state index is 0.155. The third-order valence-electron chi connectivity index (χ3n) is 1.94. The van der Waals surface area contributed by atoms with Crippen molar-refractivity contribution in [3.05, 3.63) is 53.7 Å². The Kier molecular flexibility index (Phi) is 2.77. The first-order valence-corrected chi connectivity index (χ1v) is 4.60. The predicted molar refractivity (Wildman–Crippen MR) is 55.8 cm³/mol. The maximum Gasteiger partial charge on any atom is 0.316 e. The van der Waals surface area contributed by atoms with Crippen LogP contribution in [0.5, 0.6) is 11.5 Å². The molecule has 0 bridgehead atoms. The summed E-state index contributed by atoms with van der Waals surface area (Å²) in [6, 6.07) is 9.56. The summed E-state index contributed by atoms with van der Waals surface area (Å²) in [4.78, 5) is 14.2. The monoisotopic (exact) mass is 217 g/mol. The van der Waals surface area contributed by atoms with E-state index in [0.717, 1.165) is 0 Å². The molecule has 1 N–H and O–H groups in total. The van der Waals surface area contributed by atoms with Crippen molar-refractivity contribution in [1.29, 1.82) is 0 Å². The number of rotatable bonds is 3. The van der Waals surface area contributed by atoms with Gasteiger partial charge in [0.1, 0.15) is 11.5 Å². The Morgan fingerprint density at radius 1 is 1.00 bits per heavy atom. The molecule has 0 aliphatic carbocycles. The van der Waals surface area contributed by atoms with Crippen molar-refractivity contribution in [2.75, 3.05) is 0 Å². The van der Waals surface area contributed by atoms with E-state index >= 15 is 0 Å². The molecule has 0 spiro atoms. The molecule has 2 aromatic rings. The third kappa shape index (κ3) is 2.33. The first kappa shape index (κ1) is 10.1. The molecule has 0 fully saturated rings. The zero-order valence-corrected chi connectivity index (χ0v) is 8.28. The van der Waals surface area contributed by atoms with E-state index in [-0.39, 0.29) is 10.6 Å². The minimum Gasteiger partial charge on any atom is -0.457 e. The summed E-state index contributed by atoms with van der Waals surface area (Å²) in [5, 5.41) is 8.63. The number of hydrogen-bond acceptors (Lipinski definition) is 3. The standard InChI is InChI=1S/C11H9N2O3/c14-13(15)9-1-3-10(4-2-9)16-11-5-7-12-8-6-11/h1-8H,(H,14,15)/q+1. The summed E-state index contributed by atoms with van der Waals surface area (Å²) < 4.78 is 5.47. The second kappa shape index (κ2) is 4.39. The van der Waals surface area contributed by atoms with Crippen LogP contribution in [0.25, 0.3) is 0 Å². The van der Waals surface area contributed by atoms with Crippen LogP contribution in [-0.2, 0) is 0 Å². The van der Waals surface area contributed by atoms with Gasteiger partial charge in [-0.2, -0.15) is 0 Å². The highest BCUT2D eigenvalue weighted by atomic mass is 16.6. The highest BCUT2D eigenvalue weighted by Crippen LogP contribution is 2.22. The summed E-state index contributed by atoms with van der Waals surface area (Å²) in [7, 11) is 0. The molecule has 1 aromatic carbocycles. The van der Waals surface area contributed by atoms with Crippen LogP contribution in [0.4, 0.5) is 5.69 Å². The highest BCUT2D eigenvalue weighted by molar-refractivity contribution is 5.37. The van der Waals surface area contributed by atoms with Crippen LogP contribution in [0, 0.1) is 4.91 Å². The Hall–Kier alpha value is -2.43. The fraction of sp³-hybridized carbons (Fsp3) is 0. The summed E-state index contributed by atoms with van der Waals surface area (Å²) in [5.74, 6) is 1.24. The van der Waals surface area contributed by atoms with E-state index in [1.165, 1.54) is 12.1 Å². The van der Waals surface area contributed by atoms with Crippen molar-refractivity contribution in [2.45, 2.75) is 0 Å². The average Bonchev–Trinajstić information content (AvgIpc) is 2.31. The van der Waals surface area contributed by atoms with Crippen molar-refractivity contribution in [1.82, 2.24) is 4.98 Å². The number of benzene rings is 1. The van der Waals surface area contributed by atoms with Crippen LogP contribution in [0.2, 0.25) is 0 Å². The molecule has 1 heterocycles. The van der Waals surface area contributed by atoms with Gasteiger partial charge in [0.25, 0.3) is 4.92 Å². The lowest BCUT2D eigenvalue weighted by Crippen LogP contribution is -1.91. The number of hydrogen-bond donors (Lipinski definition) is 1. The third-order valence-corrected chi connectivity index (χ3v) is 1.94. The Labute approximate surface area is 91.5 Å². The highest BCUT2D eigenvalue weighted by Gasteiger charge is 2.10. The summed E-state index contributed by atoms with van der Waals surface area (Å²) >= 11 is 0. The summed E-state index contributed by atoms with van der Waals surface area (Å²) in [5.41, 5.74) is 0.155. The van der Waals surface area contributed by atoms with Gasteiger partial charge in [0, 0.05) is 24.5 Å². The molecule has 0 aliphatic rings. The second-order valence-corrected chi connectivity index (χ2v) is 3.05. The van der Waals surface area contributed by atoms with E-state index in [1.54, 1.807) is 36.7 Å². The molecule has 2 rings (SSSR count). The van der Waals surface area contributed by atoms with E-state index in [1.807, 2.05) is 0 Å². The quantitative estimate of drug-likeness (QED) is 0.803. The van der Waals surface area contributed by atoms with E-state index < -0.39 is 0 Å². The van der Waals surface area contributed by atoms with Gasteiger partial charge in [-0.05, 0) is 24.3 Å². The maximum atomic E-state index is 10.5. The van der Waals surface area contributed by atoms with Crippen molar-refractivity contribution in [3.63, 3.8) is 0 Å². The van der Waals surface area contributed by atoms with Gasteiger partial charge >= 0.3 is 5.69 Å². The minimum atomic E-state index is -0.198. The molecule has 5 nitrogen and oxygen atoms in total. The fourth-order valence-corrected chi connectivity index (χ4v) is 1.18. The Morgan fingerprint density at radius 3 is 2.12 bits per heavy atom. The first-order valence-electron chi connectivity index (χ1n) is 4.60. The van der Waals surface area contributed by atoms with Crippen molar-refractivity contribution in [3.8, 4) is 11.5 Å². The van der Waals surface area contributed by atoms with Gasteiger partial charge in [0.05, 0.1) is 4.91 Å². The Morgan fingerprint density at radius 2 is 1.56 bits per heavy atom. The molecule has 0 saturated carbocycles. The maximum absolute atomic E-state index is 10.5. The number of aromatic nitrogens is 1. The molecule has 0 unspecified atom stereocenters. The van der Waals surface area contributed by atoms with Gasteiger partial charge in [-0.15, -0.1) is 0 Å². The van der Waals surface area contributed by atoms with Crippen LogP contribution in [0.3, 0.4) is 0 Å². The van der Waals surface area contributed by atoms with Crippen LogP contribution in [0.1, 0.15) is 0 Å².